The fourth-order valence-corrected chi connectivity index (χ4v) is 6.08. The van der Waals surface area contributed by atoms with Gasteiger partial charge in [0.15, 0.2) is 0 Å². The molecule has 3 aromatic rings. The number of carbonyl (C=O) groups excluding carboxylic acids is 4. The van der Waals surface area contributed by atoms with Gasteiger partial charge in [0, 0.05) is 55.6 Å². The molecule has 42 heavy (non-hydrogen) atoms. The van der Waals surface area contributed by atoms with Gasteiger partial charge in [0.25, 0.3) is 11.8 Å². The number of ether oxygens (including phenoxy) is 1. The molecule has 1 saturated heterocycles. The Morgan fingerprint density at radius 3 is 2.71 bits per heavy atom. The molecule has 218 valence electrons. The molecule has 2 heterocycles. The van der Waals surface area contributed by atoms with Crippen molar-refractivity contribution in [2.75, 3.05) is 13.1 Å². The Bertz CT molecular complexity index is 1490. The lowest BCUT2D eigenvalue weighted by atomic mass is 9.94. The summed E-state index contributed by atoms with van der Waals surface area (Å²) in [6, 6.07) is 14.9. The summed E-state index contributed by atoms with van der Waals surface area (Å²) >= 11 is 0. The molecule has 1 aromatic heterocycles. The van der Waals surface area contributed by atoms with Gasteiger partial charge in [0.1, 0.15) is 6.54 Å². The van der Waals surface area contributed by atoms with E-state index in [-0.39, 0.29) is 30.8 Å². The summed E-state index contributed by atoms with van der Waals surface area (Å²) in [5.41, 5.74) is 1.40. The molecule has 2 aromatic carbocycles. The summed E-state index contributed by atoms with van der Waals surface area (Å²) in [5, 5.41) is 2.93. The van der Waals surface area contributed by atoms with Crippen LogP contribution in [0.15, 0.2) is 67.3 Å². The summed E-state index contributed by atoms with van der Waals surface area (Å²) < 4.78 is 7.70. The van der Waals surface area contributed by atoms with Crippen molar-refractivity contribution in [3.63, 3.8) is 0 Å². The van der Waals surface area contributed by atoms with Crippen LogP contribution in [0.1, 0.15) is 59.7 Å². The van der Waals surface area contributed by atoms with E-state index in [0.29, 0.717) is 36.6 Å². The maximum absolute atomic E-state index is 13.7. The average molecular weight is 570 g/mol. The van der Waals surface area contributed by atoms with Crippen molar-refractivity contribution in [2.45, 2.75) is 63.8 Å². The molecule has 4 amide bonds. The van der Waals surface area contributed by atoms with Crippen molar-refractivity contribution < 1.29 is 23.9 Å². The molecule has 1 spiro atoms. The van der Waals surface area contributed by atoms with Crippen molar-refractivity contribution in [2.24, 2.45) is 5.92 Å². The summed E-state index contributed by atoms with van der Waals surface area (Å²) in [7, 11) is 0. The van der Waals surface area contributed by atoms with Crippen molar-refractivity contribution >= 4 is 23.8 Å². The molecule has 0 unspecified atom stereocenters. The summed E-state index contributed by atoms with van der Waals surface area (Å²) in [5.74, 6) is -0.571. The van der Waals surface area contributed by atoms with Crippen LogP contribution in [-0.2, 0) is 39.4 Å². The van der Waals surface area contributed by atoms with E-state index in [0.717, 1.165) is 41.8 Å². The van der Waals surface area contributed by atoms with Crippen molar-refractivity contribution in [1.82, 2.24) is 24.7 Å². The topological polar surface area (TPSA) is 114 Å². The standard InChI is InChI=1S/C32H35N5O5/c1-22(24-8-9-24)36(19-23-6-3-2-4-7-23)28(38)20-37-30(40)32(42-31(37)41)13-12-25-18-26(10-11-27(25)32)29(39)34-14-5-16-35-17-15-33-21-35/h2-4,6-7,10-11,15,17-18,21-22,24H,5,8-9,12-14,16,19-20H2,1H3,(H,34,39)/t22-,32+/m0/s1. The van der Waals surface area contributed by atoms with Gasteiger partial charge in [-0.15, -0.1) is 0 Å². The minimum atomic E-state index is -1.46. The third-order valence-corrected chi connectivity index (χ3v) is 8.66. The normalized spacial score (nSPS) is 20.0. The van der Waals surface area contributed by atoms with Gasteiger partial charge in [0.05, 0.1) is 6.33 Å². The van der Waals surface area contributed by atoms with E-state index >= 15 is 0 Å². The highest BCUT2D eigenvalue weighted by molar-refractivity contribution is 6.06. The molecule has 1 aliphatic heterocycles. The number of hydrogen-bond acceptors (Lipinski definition) is 6. The van der Waals surface area contributed by atoms with Gasteiger partial charge in [-0.2, -0.15) is 0 Å². The number of nitrogens with zero attached hydrogens (tertiary/aromatic N) is 4. The Labute approximate surface area is 244 Å². The first kappa shape index (κ1) is 27.7. The van der Waals surface area contributed by atoms with E-state index in [1.54, 1.807) is 35.6 Å². The molecule has 2 aliphatic carbocycles. The molecule has 1 saturated carbocycles. The Morgan fingerprint density at radius 2 is 1.98 bits per heavy atom. The molecule has 10 heteroatoms. The monoisotopic (exact) mass is 569 g/mol. The van der Waals surface area contributed by atoms with Gasteiger partial charge in [-0.1, -0.05) is 36.4 Å². The van der Waals surface area contributed by atoms with Crippen LogP contribution < -0.4 is 5.32 Å². The SMILES string of the molecule is C[C@@H](C1CC1)N(Cc1ccccc1)C(=O)CN1C(=O)O[C@@]2(CCc3cc(C(=O)NCCCn4ccnc4)ccc32)C1=O. The van der Waals surface area contributed by atoms with Crippen molar-refractivity contribution in [3.05, 3.63) is 89.5 Å². The molecule has 0 radical (unpaired) electrons. The zero-order chi connectivity index (χ0) is 29.3. The zero-order valence-corrected chi connectivity index (χ0v) is 23.7. The molecular weight excluding hydrogens is 534 g/mol. The van der Waals surface area contributed by atoms with Gasteiger partial charge in [-0.3, -0.25) is 14.4 Å². The molecule has 0 bridgehead atoms. The van der Waals surface area contributed by atoms with E-state index in [2.05, 4.69) is 10.3 Å². The third-order valence-electron chi connectivity index (χ3n) is 8.66. The van der Waals surface area contributed by atoms with Crippen molar-refractivity contribution in [3.8, 4) is 0 Å². The first-order valence-electron chi connectivity index (χ1n) is 14.6. The number of fused-ring (bicyclic) bond motifs is 2. The smallest absolute Gasteiger partial charge is 0.418 e. The number of imide groups is 1. The van der Waals surface area contributed by atoms with Gasteiger partial charge < -0.3 is 19.5 Å². The van der Waals surface area contributed by atoms with Crippen LogP contribution in [0.2, 0.25) is 0 Å². The highest BCUT2D eigenvalue weighted by Gasteiger charge is 2.58. The number of aromatic nitrogens is 2. The van der Waals surface area contributed by atoms with E-state index < -0.39 is 17.6 Å². The largest absolute Gasteiger partial charge is 0.427 e. The van der Waals surface area contributed by atoms with Crippen LogP contribution in [0.25, 0.3) is 0 Å². The second-order valence-corrected chi connectivity index (χ2v) is 11.5. The maximum atomic E-state index is 13.7. The van der Waals surface area contributed by atoms with Crippen LogP contribution in [0.4, 0.5) is 4.79 Å². The van der Waals surface area contributed by atoms with Gasteiger partial charge in [0.2, 0.25) is 11.5 Å². The van der Waals surface area contributed by atoms with E-state index in [1.807, 2.05) is 48.0 Å². The number of aryl methyl sites for hydroxylation is 2. The lowest BCUT2D eigenvalue weighted by Crippen LogP contribution is -2.47. The molecule has 10 nitrogen and oxygen atoms in total. The minimum Gasteiger partial charge on any atom is -0.427 e. The quantitative estimate of drug-likeness (QED) is 0.353. The molecule has 3 aliphatic rings. The highest BCUT2D eigenvalue weighted by Crippen LogP contribution is 2.45. The molecule has 2 fully saturated rings. The first-order chi connectivity index (χ1) is 20.4. The lowest BCUT2D eigenvalue weighted by Gasteiger charge is -2.30. The molecule has 2 atom stereocenters. The summed E-state index contributed by atoms with van der Waals surface area (Å²) in [6.07, 6.45) is 8.18. The van der Waals surface area contributed by atoms with Gasteiger partial charge in [-0.05, 0) is 61.8 Å². The molecule has 6 rings (SSSR count). The number of hydrogen-bond donors (Lipinski definition) is 1. The Hall–Kier alpha value is -4.47. The zero-order valence-electron chi connectivity index (χ0n) is 23.7. The Balaban J connectivity index is 1.12. The summed E-state index contributed by atoms with van der Waals surface area (Å²) in [4.78, 5) is 59.9. The fourth-order valence-electron chi connectivity index (χ4n) is 6.08. The van der Waals surface area contributed by atoms with E-state index in [1.165, 1.54) is 0 Å². The van der Waals surface area contributed by atoms with Gasteiger partial charge >= 0.3 is 6.09 Å². The number of benzene rings is 2. The predicted molar refractivity (Wildman–Crippen MR) is 153 cm³/mol. The second-order valence-electron chi connectivity index (χ2n) is 11.5. The van der Waals surface area contributed by atoms with Crippen LogP contribution in [-0.4, -0.2) is 62.3 Å². The Morgan fingerprint density at radius 1 is 1.17 bits per heavy atom. The average Bonchev–Trinajstić information content (AvgIpc) is 3.52. The number of rotatable bonds is 11. The van der Waals surface area contributed by atoms with Gasteiger partial charge in [-0.25, -0.2) is 14.7 Å². The third kappa shape index (κ3) is 5.41. The lowest BCUT2D eigenvalue weighted by molar-refractivity contribution is -0.143. The molecular formula is C32H35N5O5. The number of imidazole rings is 1. The highest BCUT2D eigenvalue weighted by atomic mass is 16.6. The number of amides is 4. The minimum absolute atomic E-state index is 0.00284. The van der Waals surface area contributed by atoms with Crippen LogP contribution in [0.5, 0.6) is 0 Å². The number of nitrogens with one attached hydrogen (secondary N) is 1. The first-order valence-corrected chi connectivity index (χ1v) is 14.6. The van der Waals surface area contributed by atoms with Crippen LogP contribution in [0.3, 0.4) is 0 Å². The van der Waals surface area contributed by atoms with E-state index in [4.69, 9.17) is 4.74 Å². The fraction of sp³-hybridized carbons (Fsp3) is 0.406. The Kier molecular flexibility index (Phi) is 7.53. The second kappa shape index (κ2) is 11.4. The number of carbonyl (C=O) groups is 4. The van der Waals surface area contributed by atoms with E-state index in [9.17, 15) is 19.2 Å². The molecule has 1 N–H and O–H groups in total. The summed E-state index contributed by atoms with van der Waals surface area (Å²) in [6.45, 7) is 3.35. The maximum Gasteiger partial charge on any atom is 0.418 e. The van der Waals surface area contributed by atoms with Crippen LogP contribution >= 0.6 is 0 Å². The predicted octanol–water partition coefficient (Wildman–Crippen LogP) is 3.65. The van der Waals surface area contributed by atoms with Crippen LogP contribution in [0, 0.1) is 5.92 Å². The van der Waals surface area contributed by atoms with Crippen molar-refractivity contribution in [1.29, 1.82) is 0 Å².